The molecule has 0 saturated heterocycles. The third-order valence-corrected chi connectivity index (χ3v) is 4.38. The normalized spacial score (nSPS) is 12.2. The number of hydrogen-bond donors (Lipinski definition) is 1. The van der Waals surface area contributed by atoms with Crippen LogP contribution in [-0.2, 0) is 16.6 Å². The summed E-state index contributed by atoms with van der Waals surface area (Å²) in [7, 11) is -3.83. The van der Waals surface area contributed by atoms with Gasteiger partial charge in [0, 0.05) is 6.54 Å². The lowest BCUT2D eigenvalue weighted by atomic mass is 10.2. The molecule has 0 heterocycles. The fourth-order valence-electron chi connectivity index (χ4n) is 1.85. The van der Waals surface area contributed by atoms with Crippen LogP contribution in [-0.4, -0.2) is 8.42 Å². The lowest BCUT2D eigenvalue weighted by Gasteiger charge is -2.05. The zero-order valence-electron chi connectivity index (χ0n) is 12.4. The maximum absolute atomic E-state index is 12.1. The Morgan fingerprint density at radius 2 is 1.65 bits per heavy atom. The van der Waals surface area contributed by atoms with Crippen LogP contribution in [0, 0.1) is 11.3 Å². The van der Waals surface area contributed by atoms with Gasteiger partial charge >= 0.3 is 0 Å². The summed E-state index contributed by atoms with van der Waals surface area (Å²) in [6.07, 6.45) is 4.58. The Morgan fingerprint density at radius 1 is 1.04 bits per heavy atom. The van der Waals surface area contributed by atoms with Crippen molar-refractivity contribution in [2.75, 3.05) is 0 Å². The van der Waals surface area contributed by atoms with Gasteiger partial charge in [0.2, 0.25) is 0 Å². The van der Waals surface area contributed by atoms with Crippen LogP contribution in [0.25, 0.3) is 6.08 Å². The zero-order valence-corrected chi connectivity index (χ0v) is 13.2. The van der Waals surface area contributed by atoms with Crippen molar-refractivity contribution in [3.8, 4) is 6.07 Å². The molecule has 0 aromatic heterocycles. The second-order valence-corrected chi connectivity index (χ2v) is 6.46. The fourth-order valence-corrected chi connectivity index (χ4v) is 2.74. The van der Waals surface area contributed by atoms with E-state index < -0.39 is 10.0 Å². The largest absolute Gasteiger partial charge is 0.251 e. The van der Waals surface area contributed by atoms with Crippen molar-refractivity contribution in [2.45, 2.75) is 6.54 Å². The van der Waals surface area contributed by atoms with E-state index in [2.05, 4.69) is 4.72 Å². The molecule has 2 aromatic carbocycles. The van der Waals surface area contributed by atoms with E-state index in [0.717, 1.165) is 11.1 Å². The standard InChI is InChI=1S/C18H16N2O2S/c19-14-18(13-7-12-16-8-3-1-4-9-16)23(21,22)20-15-17-10-5-2-6-11-17/h1-13,20H,15H2. The second kappa shape index (κ2) is 8.08. The number of benzene rings is 2. The molecule has 116 valence electrons. The predicted octanol–water partition coefficient (Wildman–Crippen LogP) is 3.23. The molecule has 0 aliphatic carbocycles. The van der Waals surface area contributed by atoms with Gasteiger partial charge in [0.05, 0.1) is 0 Å². The molecule has 0 saturated carbocycles. The third-order valence-electron chi connectivity index (χ3n) is 3.04. The topological polar surface area (TPSA) is 70.0 Å². The lowest BCUT2D eigenvalue weighted by Crippen LogP contribution is -2.24. The molecule has 2 aromatic rings. The first kappa shape index (κ1) is 16.7. The number of nitrogens with one attached hydrogen (secondary N) is 1. The van der Waals surface area contributed by atoms with Gasteiger partial charge in [0.25, 0.3) is 10.0 Å². The van der Waals surface area contributed by atoms with E-state index in [1.165, 1.54) is 6.08 Å². The summed E-state index contributed by atoms with van der Waals surface area (Å²) in [6, 6.07) is 20.3. The molecule has 4 nitrogen and oxygen atoms in total. The first-order valence-electron chi connectivity index (χ1n) is 6.99. The summed E-state index contributed by atoms with van der Waals surface area (Å²) in [5.41, 5.74) is 1.75. The van der Waals surface area contributed by atoms with Crippen molar-refractivity contribution in [1.82, 2.24) is 4.72 Å². The highest BCUT2D eigenvalue weighted by molar-refractivity contribution is 7.93. The average molecular weight is 324 g/mol. The molecule has 0 bridgehead atoms. The van der Waals surface area contributed by atoms with Gasteiger partial charge in [0.1, 0.15) is 6.07 Å². The maximum atomic E-state index is 12.1. The summed E-state index contributed by atoms with van der Waals surface area (Å²) < 4.78 is 26.7. The van der Waals surface area contributed by atoms with Crippen molar-refractivity contribution in [3.63, 3.8) is 0 Å². The number of rotatable bonds is 6. The smallest absolute Gasteiger partial charge is 0.206 e. The molecule has 0 aliphatic heterocycles. The molecule has 0 radical (unpaired) electrons. The molecule has 0 unspecified atom stereocenters. The molecule has 0 atom stereocenters. The number of nitrogens with zero attached hydrogens (tertiary/aromatic N) is 1. The third kappa shape index (κ3) is 5.22. The minimum absolute atomic E-state index is 0.143. The van der Waals surface area contributed by atoms with Crippen LogP contribution in [0.4, 0.5) is 0 Å². The number of allylic oxidation sites excluding steroid dienone is 3. The van der Waals surface area contributed by atoms with E-state index in [-0.39, 0.29) is 11.4 Å². The van der Waals surface area contributed by atoms with Gasteiger partial charge in [-0.1, -0.05) is 72.8 Å². The van der Waals surface area contributed by atoms with Crippen LogP contribution in [0.15, 0.2) is 77.7 Å². The monoisotopic (exact) mass is 324 g/mol. The van der Waals surface area contributed by atoms with Crippen molar-refractivity contribution in [1.29, 1.82) is 5.26 Å². The summed E-state index contributed by atoms with van der Waals surface area (Å²) in [6.45, 7) is 0.143. The van der Waals surface area contributed by atoms with Crippen LogP contribution in [0.2, 0.25) is 0 Å². The maximum Gasteiger partial charge on any atom is 0.251 e. The molecular formula is C18H16N2O2S. The first-order valence-corrected chi connectivity index (χ1v) is 8.47. The number of nitriles is 1. The quantitative estimate of drug-likeness (QED) is 0.655. The lowest BCUT2D eigenvalue weighted by molar-refractivity contribution is 0.589. The summed E-state index contributed by atoms with van der Waals surface area (Å²) >= 11 is 0. The second-order valence-electron chi connectivity index (χ2n) is 4.72. The molecule has 0 fully saturated rings. The van der Waals surface area contributed by atoms with Crippen LogP contribution >= 0.6 is 0 Å². The van der Waals surface area contributed by atoms with E-state index >= 15 is 0 Å². The van der Waals surface area contributed by atoms with Gasteiger partial charge in [-0.2, -0.15) is 5.26 Å². The molecule has 23 heavy (non-hydrogen) atoms. The number of sulfonamides is 1. The molecule has 2 rings (SSSR count). The Hall–Kier alpha value is -2.68. The van der Waals surface area contributed by atoms with Gasteiger partial charge in [-0.25, -0.2) is 13.1 Å². The Kier molecular flexibility index (Phi) is 5.87. The van der Waals surface area contributed by atoms with Gasteiger partial charge in [-0.3, -0.25) is 0 Å². The Balaban J connectivity index is 2.08. The highest BCUT2D eigenvalue weighted by atomic mass is 32.2. The molecule has 5 heteroatoms. The van der Waals surface area contributed by atoms with Gasteiger partial charge < -0.3 is 0 Å². The van der Waals surface area contributed by atoms with E-state index in [1.54, 1.807) is 18.2 Å². The predicted molar refractivity (Wildman–Crippen MR) is 91.4 cm³/mol. The molecule has 1 N–H and O–H groups in total. The van der Waals surface area contributed by atoms with Crippen molar-refractivity contribution in [3.05, 3.63) is 88.8 Å². The van der Waals surface area contributed by atoms with Crippen molar-refractivity contribution >= 4 is 16.1 Å². The van der Waals surface area contributed by atoms with Crippen molar-refractivity contribution in [2.24, 2.45) is 0 Å². The van der Waals surface area contributed by atoms with Crippen LogP contribution in [0.1, 0.15) is 11.1 Å². The summed E-state index contributed by atoms with van der Waals surface area (Å²) in [4.78, 5) is -0.319. The highest BCUT2D eigenvalue weighted by Crippen LogP contribution is 2.07. The first-order chi connectivity index (χ1) is 11.1. The molecule has 0 spiro atoms. The zero-order chi connectivity index (χ0) is 16.5. The summed E-state index contributed by atoms with van der Waals surface area (Å²) in [5.74, 6) is 0. The van der Waals surface area contributed by atoms with Gasteiger partial charge in [-0.05, 0) is 17.2 Å². The Morgan fingerprint density at radius 3 is 2.26 bits per heavy atom. The van der Waals surface area contributed by atoms with E-state index in [0.29, 0.717) is 0 Å². The van der Waals surface area contributed by atoms with Gasteiger partial charge in [-0.15, -0.1) is 0 Å². The number of hydrogen-bond acceptors (Lipinski definition) is 3. The average Bonchev–Trinajstić information content (AvgIpc) is 2.59. The van der Waals surface area contributed by atoms with E-state index in [9.17, 15) is 8.42 Å². The molecule has 0 aliphatic rings. The fraction of sp³-hybridized carbons (Fsp3) is 0.0556. The Labute approximate surface area is 136 Å². The highest BCUT2D eigenvalue weighted by Gasteiger charge is 2.16. The molecule has 0 amide bonds. The SMILES string of the molecule is N#CC(=CC=Cc1ccccc1)S(=O)(=O)NCc1ccccc1. The van der Waals surface area contributed by atoms with Crippen LogP contribution in [0.3, 0.4) is 0 Å². The van der Waals surface area contributed by atoms with E-state index in [4.69, 9.17) is 5.26 Å². The van der Waals surface area contributed by atoms with Gasteiger partial charge in [0.15, 0.2) is 4.91 Å². The minimum atomic E-state index is -3.83. The minimum Gasteiger partial charge on any atom is -0.206 e. The van der Waals surface area contributed by atoms with Crippen LogP contribution in [0.5, 0.6) is 0 Å². The van der Waals surface area contributed by atoms with E-state index in [1.807, 2.05) is 60.7 Å². The van der Waals surface area contributed by atoms with Crippen molar-refractivity contribution < 1.29 is 8.42 Å². The van der Waals surface area contributed by atoms with Crippen LogP contribution < -0.4 is 4.72 Å². The Bertz CT molecular complexity index is 834. The molecular weight excluding hydrogens is 308 g/mol. The summed E-state index contributed by atoms with van der Waals surface area (Å²) in [5, 5.41) is 9.08.